The van der Waals surface area contributed by atoms with E-state index in [-0.39, 0.29) is 24.1 Å². The summed E-state index contributed by atoms with van der Waals surface area (Å²) in [6, 6.07) is 5.76. The van der Waals surface area contributed by atoms with Crippen LogP contribution < -0.4 is 10.9 Å². The summed E-state index contributed by atoms with van der Waals surface area (Å²) >= 11 is 1.48. The summed E-state index contributed by atoms with van der Waals surface area (Å²) in [5.74, 6) is -0.701. The SMILES string of the molecule is CCC(C(=O)O)=C1CCC([C@@H](C)n2c(C)c(C(=O)NCc3c(SC)cc(C)[nH]c3=O)c3cccnc32)CC1. The van der Waals surface area contributed by atoms with Crippen molar-refractivity contribution in [2.24, 2.45) is 5.92 Å². The lowest BCUT2D eigenvalue weighted by Crippen LogP contribution is -2.28. The van der Waals surface area contributed by atoms with Crippen LogP contribution in [0.25, 0.3) is 11.0 Å². The quantitative estimate of drug-likeness (QED) is 0.257. The molecule has 0 aromatic carbocycles. The highest BCUT2D eigenvalue weighted by Gasteiger charge is 2.30. The Kier molecular flexibility index (Phi) is 8.45. The van der Waals surface area contributed by atoms with Gasteiger partial charge in [-0.15, -0.1) is 11.8 Å². The van der Waals surface area contributed by atoms with E-state index < -0.39 is 5.97 Å². The molecule has 3 heterocycles. The van der Waals surface area contributed by atoms with Crippen molar-refractivity contribution in [2.75, 3.05) is 6.26 Å². The Morgan fingerprint density at radius 2 is 2.00 bits per heavy atom. The maximum atomic E-state index is 13.5. The second kappa shape index (κ2) is 11.6. The van der Waals surface area contributed by atoms with Gasteiger partial charge < -0.3 is 20.0 Å². The average Bonchev–Trinajstić information content (AvgIpc) is 3.19. The smallest absolute Gasteiger partial charge is 0.331 e. The van der Waals surface area contributed by atoms with Gasteiger partial charge in [0.15, 0.2) is 0 Å². The molecule has 0 spiro atoms. The Labute approximate surface area is 226 Å². The number of carboxylic acids is 1. The van der Waals surface area contributed by atoms with Gasteiger partial charge in [-0.1, -0.05) is 12.5 Å². The van der Waals surface area contributed by atoms with Crippen LogP contribution in [-0.4, -0.2) is 37.8 Å². The molecule has 9 heteroatoms. The Bertz CT molecular complexity index is 1460. The minimum absolute atomic E-state index is 0.0911. The number of aromatic amines is 1. The highest BCUT2D eigenvalue weighted by atomic mass is 32.2. The van der Waals surface area contributed by atoms with Crippen molar-refractivity contribution in [2.45, 2.75) is 77.3 Å². The predicted octanol–water partition coefficient (Wildman–Crippen LogP) is 5.54. The molecule has 0 aliphatic heterocycles. The number of fused-ring (bicyclic) bond motifs is 1. The second-order valence-corrected chi connectivity index (χ2v) is 10.9. The van der Waals surface area contributed by atoms with Crippen LogP contribution >= 0.6 is 11.8 Å². The molecule has 1 amide bonds. The zero-order chi connectivity index (χ0) is 27.6. The van der Waals surface area contributed by atoms with Crippen molar-refractivity contribution < 1.29 is 14.7 Å². The molecule has 202 valence electrons. The van der Waals surface area contributed by atoms with Gasteiger partial charge in [0.2, 0.25) is 0 Å². The molecule has 0 saturated heterocycles. The average molecular weight is 537 g/mol. The molecule has 1 atom stereocenters. The first-order valence-corrected chi connectivity index (χ1v) is 14.3. The fourth-order valence-corrected chi connectivity index (χ4v) is 6.58. The fourth-order valence-electron chi connectivity index (χ4n) is 5.87. The van der Waals surface area contributed by atoms with Crippen LogP contribution in [0.3, 0.4) is 0 Å². The number of pyridine rings is 2. The number of rotatable bonds is 8. The molecule has 0 unspecified atom stereocenters. The van der Waals surface area contributed by atoms with E-state index in [1.807, 2.05) is 45.2 Å². The Balaban J connectivity index is 1.61. The first kappa shape index (κ1) is 27.7. The van der Waals surface area contributed by atoms with E-state index in [1.54, 1.807) is 6.20 Å². The number of hydrogen-bond donors (Lipinski definition) is 3. The number of allylic oxidation sites excluding steroid dienone is 1. The highest BCUT2D eigenvalue weighted by Crippen LogP contribution is 2.39. The summed E-state index contributed by atoms with van der Waals surface area (Å²) in [6.07, 6.45) is 7.56. The van der Waals surface area contributed by atoms with Crippen LogP contribution in [0, 0.1) is 19.8 Å². The molecular formula is C29H36N4O4S. The normalized spacial score (nSPS) is 16.4. The number of aliphatic carboxylic acids is 1. The van der Waals surface area contributed by atoms with Gasteiger partial charge in [0.1, 0.15) is 5.65 Å². The van der Waals surface area contributed by atoms with Crippen LogP contribution in [0.2, 0.25) is 0 Å². The molecule has 1 aliphatic carbocycles. The largest absolute Gasteiger partial charge is 0.478 e. The third-order valence-corrected chi connectivity index (χ3v) is 8.68. The number of nitrogens with zero attached hydrogens (tertiary/aromatic N) is 2. The van der Waals surface area contributed by atoms with Crippen molar-refractivity contribution in [3.8, 4) is 0 Å². The number of amides is 1. The molecule has 1 saturated carbocycles. The van der Waals surface area contributed by atoms with E-state index in [2.05, 4.69) is 26.8 Å². The summed E-state index contributed by atoms with van der Waals surface area (Å²) in [5, 5.41) is 13.3. The topological polar surface area (TPSA) is 117 Å². The van der Waals surface area contributed by atoms with Crippen LogP contribution in [0.1, 0.15) is 79.3 Å². The lowest BCUT2D eigenvalue weighted by molar-refractivity contribution is -0.132. The van der Waals surface area contributed by atoms with Crippen molar-refractivity contribution in [3.05, 3.63) is 68.4 Å². The van der Waals surface area contributed by atoms with Gasteiger partial charge in [-0.05, 0) is 83.2 Å². The molecule has 0 bridgehead atoms. The third-order valence-electron chi connectivity index (χ3n) is 7.87. The Hall–Kier alpha value is -3.33. The predicted molar refractivity (Wildman–Crippen MR) is 151 cm³/mol. The van der Waals surface area contributed by atoms with E-state index in [1.165, 1.54) is 11.8 Å². The Morgan fingerprint density at radius 3 is 2.63 bits per heavy atom. The number of nitrogens with one attached hydrogen (secondary N) is 2. The molecule has 3 N–H and O–H groups in total. The third kappa shape index (κ3) is 5.29. The molecule has 4 rings (SSSR count). The Morgan fingerprint density at radius 1 is 1.29 bits per heavy atom. The fraction of sp³-hybridized carbons (Fsp3) is 0.448. The minimum Gasteiger partial charge on any atom is -0.478 e. The molecule has 1 fully saturated rings. The van der Waals surface area contributed by atoms with E-state index in [9.17, 15) is 19.5 Å². The van der Waals surface area contributed by atoms with Gasteiger partial charge in [-0.3, -0.25) is 9.59 Å². The van der Waals surface area contributed by atoms with Crippen molar-refractivity contribution in [3.63, 3.8) is 0 Å². The van der Waals surface area contributed by atoms with Gasteiger partial charge in [-0.25, -0.2) is 9.78 Å². The zero-order valence-corrected chi connectivity index (χ0v) is 23.5. The summed E-state index contributed by atoms with van der Waals surface area (Å²) in [6.45, 7) is 7.99. The number of H-pyrrole nitrogens is 1. The summed E-state index contributed by atoms with van der Waals surface area (Å²) in [7, 11) is 0. The number of carboxylic acid groups (broad SMARTS) is 1. The number of carbonyl (C=O) groups is 2. The van der Waals surface area contributed by atoms with E-state index >= 15 is 0 Å². The van der Waals surface area contributed by atoms with Gasteiger partial charge in [0.25, 0.3) is 11.5 Å². The van der Waals surface area contributed by atoms with Crippen LogP contribution in [0.15, 0.2) is 45.2 Å². The molecule has 1 aliphatic rings. The minimum atomic E-state index is -0.807. The number of hydrogen-bond acceptors (Lipinski definition) is 5. The molecule has 0 radical (unpaired) electrons. The van der Waals surface area contributed by atoms with Crippen LogP contribution in [0.5, 0.6) is 0 Å². The van der Waals surface area contributed by atoms with Crippen molar-refractivity contribution >= 4 is 34.7 Å². The van der Waals surface area contributed by atoms with Gasteiger partial charge in [-0.2, -0.15) is 0 Å². The van der Waals surface area contributed by atoms with Gasteiger partial charge >= 0.3 is 5.97 Å². The number of aryl methyl sites for hydroxylation is 1. The maximum absolute atomic E-state index is 13.5. The first-order valence-electron chi connectivity index (χ1n) is 13.1. The van der Waals surface area contributed by atoms with Gasteiger partial charge in [0, 0.05) is 51.6 Å². The monoisotopic (exact) mass is 536 g/mol. The van der Waals surface area contributed by atoms with E-state index in [0.29, 0.717) is 29.0 Å². The number of thioether (sulfide) groups is 1. The van der Waals surface area contributed by atoms with E-state index in [4.69, 9.17) is 0 Å². The van der Waals surface area contributed by atoms with Crippen LogP contribution in [-0.2, 0) is 11.3 Å². The number of aromatic nitrogens is 3. The molecule has 8 nitrogen and oxygen atoms in total. The number of carbonyl (C=O) groups excluding carboxylic acids is 1. The first-order chi connectivity index (χ1) is 18.2. The lowest BCUT2D eigenvalue weighted by Gasteiger charge is -2.32. The van der Waals surface area contributed by atoms with Crippen LogP contribution in [0.4, 0.5) is 0 Å². The van der Waals surface area contributed by atoms with Gasteiger partial charge in [0.05, 0.1) is 5.56 Å². The molecular weight excluding hydrogens is 500 g/mol. The van der Waals surface area contributed by atoms with Crippen molar-refractivity contribution in [1.29, 1.82) is 0 Å². The summed E-state index contributed by atoms with van der Waals surface area (Å²) in [4.78, 5) is 46.0. The standard InChI is InChI=1S/C29H36N4O4S/c1-6-21(29(36)37)20-11-9-19(10-12-20)17(3)33-18(4)25(22-8-7-13-30-26(22)33)28(35)31-15-23-24(38-5)14-16(2)32-27(23)34/h7-8,13-14,17,19H,6,9-12,15H2,1-5H3,(H,31,35)(H,32,34)(H,36,37)/t17-,19?/m1/s1. The van der Waals surface area contributed by atoms with Crippen molar-refractivity contribution in [1.82, 2.24) is 19.9 Å². The van der Waals surface area contributed by atoms with E-state index in [0.717, 1.165) is 58.6 Å². The molecule has 3 aromatic heterocycles. The summed E-state index contributed by atoms with van der Waals surface area (Å²) in [5.41, 5.74) is 4.93. The second-order valence-electron chi connectivity index (χ2n) is 10.0. The molecule has 38 heavy (non-hydrogen) atoms. The summed E-state index contributed by atoms with van der Waals surface area (Å²) < 4.78 is 2.16. The molecule has 3 aromatic rings. The lowest BCUT2D eigenvalue weighted by atomic mass is 9.80. The maximum Gasteiger partial charge on any atom is 0.331 e. The highest BCUT2D eigenvalue weighted by molar-refractivity contribution is 7.98. The zero-order valence-electron chi connectivity index (χ0n) is 22.7.